The average Bonchev–Trinajstić information content (AvgIpc) is 2.41. The van der Waals surface area contributed by atoms with Gasteiger partial charge in [-0.3, -0.25) is 4.21 Å². The Morgan fingerprint density at radius 1 is 1.15 bits per heavy atom. The van der Waals surface area contributed by atoms with Gasteiger partial charge in [0.2, 0.25) is 0 Å². The van der Waals surface area contributed by atoms with E-state index in [0.29, 0.717) is 0 Å². The van der Waals surface area contributed by atoms with Crippen molar-refractivity contribution < 1.29 is 8.60 Å². The minimum absolute atomic E-state index is 0.0789. The molecule has 0 aliphatic rings. The van der Waals surface area contributed by atoms with Gasteiger partial charge in [-0.2, -0.15) is 5.26 Å². The molecule has 0 saturated carbocycles. The second-order valence-corrected chi connectivity index (χ2v) is 6.13. The lowest BCUT2D eigenvalue weighted by molar-refractivity contribution is 0.611. The van der Waals surface area contributed by atoms with Crippen molar-refractivity contribution in [1.29, 1.82) is 5.26 Å². The molecule has 2 nitrogen and oxygen atoms in total. The number of hydrogen-bond acceptors (Lipinski definition) is 2. The molecule has 6 heteroatoms. The third-order valence-corrected chi connectivity index (χ3v) is 4.95. The smallest absolute Gasteiger partial charge is 0.145 e. The molecule has 2 aromatic rings. The third kappa shape index (κ3) is 3.01. The first kappa shape index (κ1) is 15.0. The van der Waals surface area contributed by atoms with Gasteiger partial charge in [-0.05, 0) is 18.2 Å². The molecule has 1 atom stereocenters. The fourth-order valence-electron chi connectivity index (χ4n) is 1.69. The van der Waals surface area contributed by atoms with E-state index in [2.05, 4.69) is 0 Å². The molecular weight excluding hydrogens is 320 g/mol. The van der Waals surface area contributed by atoms with Crippen molar-refractivity contribution in [3.63, 3.8) is 0 Å². The minimum Gasteiger partial charge on any atom is -0.254 e. The number of halogens is 3. The Morgan fingerprint density at radius 2 is 1.75 bits per heavy atom. The highest BCUT2D eigenvalue weighted by molar-refractivity contribution is 7.84. The molecule has 0 aliphatic heterocycles. The first-order valence-electron chi connectivity index (χ1n) is 5.54. The second kappa shape index (κ2) is 6.36. The zero-order chi connectivity index (χ0) is 14.7. The van der Waals surface area contributed by atoms with E-state index < -0.39 is 16.6 Å². The molecular formula is C14H8Cl2FNOS. The lowest BCUT2D eigenvalue weighted by Gasteiger charge is -2.08. The molecule has 1 unspecified atom stereocenters. The normalized spacial score (nSPS) is 11.9. The fraction of sp³-hybridized carbons (Fsp3) is 0.0714. The molecule has 0 heterocycles. The molecule has 0 fully saturated rings. The second-order valence-electron chi connectivity index (χ2n) is 3.93. The van der Waals surface area contributed by atoms with Gasteiger partial charge in [-0.25, -0.2) is 4.39 Å². The highest BCUT2D eigenvalue weighted by atomic mass is 35.5. The van der Waals surface area contributed by atoms with E-state index in [9.17, 15) is 8.60 Å². The van der Waals surface area contributed by atoms with Crippen LogP contribution in [0.3, 0.4) is 0 Å². The van der Waals surface area contributed by atoms with Crippen LogP contribution in [0.4, 0.5) is 4.39 Å². The summed E-state index contributed by atoms with van der Waals surface area (Å²) in [5.41, 5.74) is 0.114. The number of nitriles is 1. The minimum atomic E-state index is -1.59. The number of nitrogens with zero attached hydrogens (tertiary/aromatic N) is 1. The van der Waals surface area contributed by atoms with Crippen LogP contribution in [0.5, 0.6) is 0 Å². The monoisotopic (exact) mass is 327 g/mol. The summed E-state index contributed by atoms with van der Waals surface area (Å²) in [7, 11) is -1.59. The lowest BCUT2D eigenvalue weighted by Crippen LogP contribution is -2.02. The van der Waals surface area contributed by atoms with E-state index in [0.717, 1.165) is 0 Å². The van der Waals surface area contributed by atoms with Gasteiger partial charge in [0.1, 0.15) is 11.9 Å². The van der Waals surface area contributed by atoms with Gasteiger partial charge in [0.05, 0.1) is 37.1 Å². The van der Waals surface area contributed by atoms with Gasteiger partial charge in [0.25, 0.3) is 0 Å². The zero-order valence-corrected chi connectivity index (χ0v) is 12.4. The van der Waals surface area contributed by atoms with Crippen LogP contribution in [-0.2, 0) is 16.6 Å². The highest BCUT2D eigenvalue weighted by Crippen LogP contribution is 2.29. The van der Waals surface area contributed by atoms with Crippen molar-refractivity contribution in [2.45, 2.75) is 10.6 Å². The van der Waals surface area contributed by atoms with E-state index >= 15 is 0 Å². The van der Waals surface area contributed by atoms with Crippen LogP contribution in [0.2, 0.25) is 10.0 Å². The Bertz CT molecular complexity index is 707. The van der Waals surface area contributed by atoms with Gasteiger partial charge in [0, 0.05) is 5.56 Å². The summed E-state index contributed by atoms with van der Waals surface area (Å²) in [6.07, 6.45) is 0. The van der Waals surface area contributed by atoms with Gasteiger partial charge in [-0.15, -0.1) is 0 Å². The van der Waals surface area contributed by atoms with Gasteiger partial charge in [0.15, 0.2) is 0 Å². The van der Waals surface area contributed by atoms with Crippen LogP contribution in [0.1, 0.15) is 11.1 Å². The van der Waals surface area contributed by atoms with Crippen molar-refractivity contribution in [3.05, 3.63) is 63.4 Å². The maximum absolute atomic E-state index is 13.9. The molecule has 0 spiro atoms. The van der Waals surface area contributed by atoms with Crippen LogP contribution in [0, 0.1) is 17.1 Å². The Hall–Kier alpha value is -1.41. The van der Waals surface area contributed by atoms with Crippen LogP contribution in [0.15, 0.2) is 41.3 Å². The van der Waals surface area contributed by atoms with E-state index in [4.69, 9.17) is 28.5 Å². The topological polar surface area (TPSA) is 40.9 Å². The van der Waals surface area contributed by atoms with Crippen molar-refractivity contribution in [2.24, 2.45) is 0 Å². The van der Waals surface area contributed by atoms with Gasteiger partial charge in [-0.1, -0.05) is 41.4 Å². The molecule has 2 aromatic carbocycles. The fourth-order valence-corrected chi connectivity index (χ4v) is 3.83. The Kier molecular flexibility index (Phi) is 4.77. The van der Waals surface area contributed by atoms with Crippen molar-refractivity contribution in [3.8, 4) is 6.07 Å². The number of rotatable bonds is 3. The predicted octanol–water partition coefficient (Wildman–Crippen LogP) is 4.31. The van der Waals surface area contributed by atoms with Crippen molar-refractivity contribution in [1.82, 2.24) is 0 Å². The molecule has 0 aliphatic carbocycles. The molecule has 0 bridgehead atoms. The Balaban J connectivity index is 2.36. The van der Waals surface area contributed by atoms with Gasteiger partial charge < -0.3 is 0 Å². The molecule has 0 amide bonds. The van der Waals surface area contributed by atoms with E-state index in [1.54, 1.807) is 30.3 Å². The molecule has 0 saturated heterocycles. The molecule has 0 radical (unpaired) electrons. The summed E-state index contributed by atoms with van der Waals surface area (Å²) in [5, 5.41) is 9.32. The first-order valence-corrected chi connectivity index (χ1v) is 7.62. The Labute approximate surface area is 128 Å². The average molecular weight is 328 g/mol. The molecule has 0 aromatic heterocycles. The summed E-state index contributed by atoms with van der Waals surface area (Å²) >= 11 is 11.9. The van der Waals surface area contributed by atoms with Crippen LogP contribution < -0.4 is 0 Å². The van der Waals surface area contributed by atoms with Crippen molar-refractivity contribution in [2.75, 3.05) is 0 Å². The molecule has 2 rings (SSSR count). The van der Waals surface area contributed by atoms with Crippen LogP contribution in [-0.4, -0.2) is 4.21 Å². The maximum atomic E-state index is 13.9. The first-order chi connectivity index (χ1) is 9.54. The number of benzene rings is 2. The van der Waals surface area contributed by atoms with E-state index in [-0.39, 0.29) is 31.8 Å². The van der Waals surface area contributed by atoms with Gasteiger partial charge >= 0.3 is 0 Å². The standard InChI is InChI=1S/C14H8Cl2FNOS/c15-11-5-2-6-12(16)14(11)20(19)8-10-4-1-3-9(7-18)13(10)17/h1-6H,8H2. The van der Waals surface area contributed by atoms with E-state index in [1.807, 2.05) is 0 Å². The lowest BCUT2D eigenvalue weighted by atomic mass is 10.1. The molecule has 102 valence electrons. The summed E-state index contributed by atoms with van der Waals surface area (Å²) in [5.74, 6) is -0.753. The maximum Gasteiger partial charge on any atom is 0.145 e. The summed E-state index contributed by atoms with van der Waals surface area (Å²) in [6.45, 7) is 0. The van der Waals surface area contributed by atoms with Crippen LogP contribution >= 0.6 is 23.2 Å². The highest BCUT2D eigenvalue weighted by Gasteiger charge is 2.16. The third-order valence-electron chi connectivity index (χ3n) is 2.63. The van der Waals surface area contributed by atoms with Crippen LogP contribution in [0.25, 0.3) is 0 Å². The SMILES string of the molecule is N#Cc1cccc(CS(=O)c2c(Cl)cccc2Cl)c1F. The summed E-state index contributed by atoms with van der Waals surface area (Å²) in [6, 6.07) is 10.9. The summed E-state index contributed by atoms with van der Waals surface area (Å²) < 4.78 is 26.2. The largest absolute Gasteiger partial charge is 0.254 e. The Morgan fingerprint density at radius 3 is 2.35 bits per heavy atom. The number of hydrogen-bond donors (Lipinski definition) is 0. The van der Waals surface area contributed by atoms with Crippen molar-refractivity contribution >= 4 is 34.0 Å². The van der Waals surface area contributed by atoms with E-state index in [1.165, 1.54) is 12.1 Å². The summed E-state index contributed by atoms with van der Waals surface area (Å²) in [4.78, 5) is 0.276. The molecule has 0 N–H and O–H groups in total. The predicted molar refractivity (Wildman–Crippen MR) is 77.7 cm³/mol. The zero-order valence-electron chi connectivity index (χ0n) is 10.1. The molecule has 20 heavy (non-hydrogen) atoms. The quantitative estimate of drug-likeness (QED) is 0.842.